The predicted molar refractivity (Wildman–Crippen MR) is 83.5 cm³/mol. The molecule has 0 unspecified atom stereocenters. The molecule has 0 saturated carbocycles. The maximum atomic E-state index is 11.8. The topological polar surface area (TPSA) is 57.8 Å². The van der Waals surface area contributed by atoms with Crippen molar-refractivity contribution in [2.75, 3.05) is 11.1 Å². The predicted octanol–water partition coefficient (Wildman–Crippen LogP) is 3.80. The van der Waals surface area contributed by atoms with Gasteiger partial charge in [-0.1, -0.05) is 11.6 Å². The van der Waals surface area contributed by atoms with Gasteiger partial charge in [0.15, 0.2) is 5.82 Å². The first-order chi connectivity index (χ1) is 9.56. The minimum Gasteiger partial charge on any atom is -0.309 e. The molecule has 106 valence electrons. The Morgan fingerprint density at radius 2 is 2.05 bits per heavy atom. The minimum atomic E-state index is -0.0268. The molecule has 0 radical (unpaired) electrons. The van der Waals surface area contributed by atoms with Crippen LogP contribution in [-0.2, 0) is 4.79 Å². The summed E-state index contributed by atoms with van der Waals surface area (Å²) in [5.74, 6) is 1.31. The number of halogens is 1. The van der Waals surface area contributed by atoms with Crippen LogP contribution in [-0.4, -0.2) is 21.9 Å². The molecule has 0 aliphatic heterocycles. The smallest absolute Gasteiger partial charge is 0.226 e. The number of nitrogens with zero attached hydrogens (tertiary/aromatic N) is 1. The molecule has 1 heterocycles. The number of benzene rings is 1. The largest absolute Gasteiger partial charge is 0.309 e. The van der Waals surface area contributed by atoms with E-state index in [-0.39, 0.29) is 5.91 Å². The van der Waals surface area contributed by atoms with E-state index in [1.807, 2.05) is 38.1 Å². The number of aryl methyl sites for hydroxylation is 1. The molecule has 0 aliphatic carbocycles. The van der Waals surface area contributed by atoms with Crippen LogP contribution in [0.4, 0.5) is 5.82 Å². The van der Waals surface area contributed by atoms with Crippen LogP contribution in [0.3, 0.4) is 0 Å². The first-order valence-electron chi connectivity index (χ1n) is 6.26. The van der Waals surface area contributed by atoms with E-state index < -0.39 is 0 Å². The molecule has 0 atom stereocenters. The lowest BCUT2D eigenvalue weighted by Gasteiger charge is -2.04. The highest BCUT2D eigenvalue weighted by molar-refractivity contribution is 7.99. The Kier molecular flexibility index (Phi) is 5.09. The molecule has 2 rings (SSSR count). The maximum absolute atomic E-state index is 11.8. The summed E-state index contributed by atoms with van der Waals surface area (Å²) in [5, 5.41) is 10.4. The van der Waals surface area contributed by atoms with Crippen molar-refractivity contribution in [3.63, 3.8) is 0 Å². The molecule has 2 N–H and O–H groups in total. The fourth-order valence-corrected chi connectivity index (χ4v) is 2.57. The molecule has 0 fully saturated rings. The third kappa shape index (κ3) is 4.02. The third-order valence-corrected chi connectivity index (χ3v) is 4.19. The summed E-state index contributed by atoms with van der Waals surface area (Å²) >= 11 is 7.45. The SMILES string of the molecule is Cc1[nH]nc(NC(=O)CCSc2ccc(Cl)cc2)c1C. The van der Waals surface area contributed by atoms with Gasteiger partial charge in [0, 0.05) is 33.3 Å². The van der Waals surface area contributed by atoms with Crippen LogP contribution >= 0.6 is 23.4 Å². The average molecular weight is 310 g/mol. The van der Waals surface area contributed by atoms with Crippen LogP contribution in [0.15, 0.2) is 29.2 Å². The molecule has 0 bridgehead atoms. The van der Waals surface area contributed by atoms with Gasteiger partial charge < -0.3 is 5.32 Å². The summed E-state index contributed by atoms with van der Waals surface area (Å²) in [4.78, 5) is 12.9. The van der Waals surface area contributed by atoms with Gasteiger partial charge in [-0.05, 0) is 38.1 Å². The van der Waals surface area contributed by atoms with Gasteiger partial charge in [-0.2, -0.15) is 5.10 Å². The number of amides is 1. The third-order valence-electron chi connectivity index (χ3n) is 2.92. The molecule has 1 aromatic heterocycles. The normalized spacial score (nSPS) is 10.6. The molecular weight excluding hydrogens is 294 g/mol. The van der Waals surface area contributed by atoms with Crippen LogP contribution in [0.5, 0.6) is 0 Å². The molecule has 1 amide bonds. The van der Waals surface area contributed by atoms with Crippen LogP contribution in [0, 0.1) is 13.8 Å². The van der Waals surface area contributed by atoms with E-state index >= 15 is 0 Å². The van der Waals surface area contributed by atoms with Crippen LogP contribution in [0.1, 0.15) is 17.7 Å². The standard InChI is InChI=1S/C14H16ClN3OS/c1-9-10(2)17-18-14(9)16-13(19)7-8-20-12-5-3-11(15)4-6-12/h3-6H,7-8H2,1-2H3,(H2,16,17,18,19). The van der Waals surface area contributed by atoms with Crippen molar-refractivity contribution in [3.05, 3.63) is 40.5 Å². The van der Waals surface area contributed by atoms with E-state index in [0.29, 0.717) is 12.2 Å². The van der Waals surface area contributed by atoms with Gasteiger partial charge in [-0.25, -0.2) is 0 Å². The number of nitrogens with one attached hydrogen (secondary N) is 2. The Labute approximate surface area is 127 Å². The van der Waals surface area contributed by atoms with Crippen molar-refractivity contribution >= 4 is 35.1 Å². The van der Waals surface area contributed by atoms with Gasteiger partial charge in [-0.3, -0.25) is 9.89 Å². The van der Waals surface area contributed by atoms with Crippen LogP contribution in [0.2, 0.25) is 5.02 Å². The molecule has 0 spiro atoms. The van der Waals surface area contributed by atoms with Crippen molar-refractivity contribution in [2.24, 2.45) is 0 Å². The van der Waals surface area contributed by atoms with Crippen LogP contribution in [0.25, 0.3) is 0 Å². The van der Waals surface area contributed by atoms with Crippen molar-refractivity contribution in [1.82, 2.24) is 10.2 Å². The molecular formula is C14H16ClN3OS. The molecule has 2 aromatic rings. The molecule has 1 aromatic carbocycles. The number of aromatic amines is 1. The molecule has 0 saturated heterocycles. The van der Waals surface area contributed by atoms with Crippen molar-refractivity contribution in [2.45, 2.75) is 25.2 Å². The Morgan fingerprint density at radius 1 is 1.35 bits per heavy atom. The molecule has 6 heteroatoms. The highest BCUT2D eigenvalue weighted by Crippen LogP contribution is 2.21. The second kappa shape index (κ2) is 6.81. The van der Waals surface area contributed by atoms with Crippen LogP contribution < -0.4 is 5.32 Å². The number of anilines is 1. The van der Waals surface area contributed by atoms with Gasteiger partial charge in [0.05, 0.1) is 0 Å². The van der Waals surface area contributed by atoms with E-state index in [1.165, 1.54) is 0 Å². The van der Waals surface area contributed by atoms with Gasteiger partial charge in [-0.15, -0.1) is 11.8 Å². The monoisotopic (exact) mass is 309 g/mol. The number of thioether (sulfide) groups is 1. The number of hydrogen-bond donors (Lipinski definition) is 2. The summed E-state index contributed by atoms with van der Waals surface area (Å²) in [5.41, 5.74) is 1.94. The van der Waals surface area contributed by atoms with Crippen molar-refractivity contribution < 1.29 is 4.79 Å². The molecule has 20 heavy (non-hydrogen) atoms. The zero-order valence-electron chi connectivity index (χ0n) is 11.4. The molecule has 4 nitrogen and oxygen atoms in total. The fourth-order valence-electron chi connectivity index (χ4n) is 1.59. The lowest BCUT2D eigenvalue weighted by atomic mass is 10.3. The van der Waals surface area contributed by atoms with Crippen molar-refractivity contribution in [3.8, 4) is 0 Å². The van der Waals surface area contributed by atoms with Crippen molar-refractivity contribution in [1.29, 1.82) is 0 Å². The fraction of sp³-hybridized carbons (Fsp3) is 0.286. The summed E-state index contributed by atoms with van der Waals surface area (Å²) in [6.07, 6.45) is 0.443. The number of aromatic nitrogens is 2. The summed E-state index contributed by atoms with van der Waals surface area (Å²) in [6.45, 7) is 3.85. The van der Waals surface area contributed by atoms with E-state index in [4.69, 9.17) is 11.6 Å². The first kappa shape index (κ1) is 14.9. The summed E-state index contributed by atoms with van der Waals surface area (Å²) in [6, 6.07) is 7.60. The minimum absolute atomic E-state index is 0.0268. The van der Waals surface area contributed by atoms with E-state index in [2.05, 4.69) is 15.5 Å². The second-order valence-electron chi connectivity index (χ2n) is 4.42. The zero-order valence-corrected chi connectivity index (χ0v) is 12.9. The maximum Gasteiger partial charge on any atom is 0.226 e. The van der Waals surface area contributed by atoms with E-state index in [9.17, 15) is 4.79 Å². The first-order valence-corrected chi connectivity index (χ1v) is 7.62. The zero-order chi connectivity index (χ0) is 14.5. The lowest BCUT2D eigenvalue weighted by molar-refractivity contribution is -0.115. The summed E-state index contributed by atoms with van der Waals surface area (Å²) < 4.78 is 0. The van der Waals surface area contributed by atoms with E-state index in [1.54, 1.807) is 11.8 Å². The highest BCUT2D eigenvalue weighted by Gasteiger charge is 2.09. The molecule has 0 aliphatic rings. The highest BCUT2D eigenvalue weighted by atomic mass is 35.5. The number of carbonyl (C=O) groups is 1. The van der Waals surface area contributed by atoms with Gasteiger partial charge >= 0.3 is 0 Å². The Bertz CT molecular complexity index is 595. The van der Waals surface area contributed by atoms with Gasteiger partial charge in [0.1, 0.15) is 0 Å². The Hall–Kier alpha value is -1.46. The summed E-state index contributed by atoms with van der Waals surface area (Å²) in [7, 11) is 0. The average Bonchev–Trinajstić information content (AvgIpc) is 2.73. The van der Waals surface area contributed by atoms with E-state index in [0.717, 1.165) is 26.9 Å². The quantitative estimate of drug-likeness (QED) is 0.826. The number of rotatable bonds is 5. The van der Waals surface area contributed by atoms with Gasteiger partial charge in [0.2, 0.25) is 5.91 Å². The van der Waals surface area contributed by atoms with Gasteiger partial charge in [0.25, 0.3) is 0 Å². The number of hydrogen-bond acceptors (Lipinski definition) is 3. The number of H-pyrrole nitrogens is 1. The number of carbonyl (C=O) groups excluding carboxylic acids is 1. The Balaban J connectivity index is 1.78. The Morgan fingerprint density at radius 3 is 2.65 bits per heavy atom. The second-order valence-corrected chi connectivity index (χ2v) is 6.03. The lowest BCUT2D eigenvalue weighted by Crippen LogP contribution is -2.13.